The van der Waals surface area contributed by atoms with Crippen LogP contribution in [-0.4, -0.2) is 48.4 Å². The van der Waals surface area contributed by atoms with Gasteiger partial charge in [-0.3, -0.25) is 9.59 Å². The molecule has 1 fully saturated rings. The quantitative estimate of drug-likeness (QED) is 0.615. The van der Waals surface area contributed by atoms with Gasteiger partial charge in [0.15, 0.2) is 0 Å². The van der Waals surface area contributed by atoms with E-state index in [1.54, 1.807) is 42.3 Å². The van der Waals surface area contributed by atoms with Gasteiger partial charge in [0.25, 0.3) is 5.91 Å². The van der Waals surface area contributed by atoms with E-state index < -0.39 is 0 Å². The number of ether oxygens (including phenoxy) is 1. The molecule has 1 aromatic heterocycles. The molecule has 2 amide bonds. The van der Waals surface area contributed by atoms with Gasteiger partial charge in [-0.2, -0.15) is 0 Å². The number of aromatic amines is 1. The molecule has 0 atom stereocenters. The summed E-state index contributed by atoms with van der Waals surface area (Å²) < 4.78 is 18.8. The van der Waals surface area contributed by atoms with Crippen molar-refractivity contribution in [3.05, 3.63) is 65.1 Å². The van der Waals surface area contributed by atoms with Crippen molar-refractivity contribution in [3.8, 4) is 5.75 Å². The molecular weight excluding hydrogens is 409 g/mol. The maximum atomic E-state index is 13.6. The molecule has 7 heteroatoms. The molecule has 1 aliphatic heterocycles. The Morgan fingerprint density at radius 1 is 1.16 bits per heavy atom. The second-order valence-electron chi connectivity index (χ2n) is 8.25. The molecule has 32 heavy (non-hydrogen) atoms. The average molecular weight is 438 g/mol. The number of benzene rings is 2. The molecule has 0 bridgehead atoms. The van der Waals surface area contributed by atoms with Crippen LogP contribution in [0.1, 0.15) is 34.5 Å². The van der Waals surface area contributed by atoms with Crippen LogP contribution in [0.25, 0.3) is 10.9 Å². The van der Waals surface area contributed by atoms with Gasteiger partial charge < -0.3 is 19.9 Å². The number of nitrogens with zero attached hydrogens (tertiary/aromatic N) is 1. The first kappa shape index (κ1) is 21.9. The van der Waals surface area contributed by atoms with E-state index in [1.165, 1.54) is 12.1 Å². The van der Waals surface area contributed by atoms with Crippen LogP contribution in [0.2, 0.25) is 0 Å². The van der Waals surface area contributed by atoms with Gasteiger partial charge in [0.1, 0.15) is 11.6 Å². The van der Waals surface area contributed by atoms with E-state index in [0.717, 1.165) is 22.2 Å². The summed E-state index contributed by atoms with van der Waals surface area (Å²) in [4.78, 5) is 30.4. The largest absolute Gasteiger partial charge is 0.497 e. The van der Waals surface area contributed by atoms with Crippen LogP contribution >= 0.6 is 0 Å². The van der Waals surface area contributed by atoms with E-state index in [2.05, 4.69) is 10.3 Å². The maximum Gasteiger partial charge on any atom is 0.253 e. The molecule has 4 rings (SSSR count). The summed E-state index contributed by atoms with van der Waals surface area (Å²) in [6, 6.07) is 11.8. The predicted molar refractivity (Wildman–Crippen MR) is 121 cm³/mol. The summed E-state index contributed by atoms with van der Waals surface area (Å²) in [6.07, 6.45) is 1.92. The Labute approximate surface area is 186 Å². The lowest BCUT2D eigenvalue weighted by atomic mass is 9.95. The lowest BCUT2D eigenvalue weighted by Gasteiger charge is -2.31. The van der Waals surface area contributed by atoms with Gasteiger partial charge in [0.2, 0.25) is 5.91 Å². The number of methoxy groups -OCH3 is 1. The van der Waals surface area contributed by atoms with Crippen molar-refractivity contribution in [1.82, 2.24) is 15.2 Å². The predicted octanol–water partition coefficient (Wildman–Crippen LogP) is 3.84. The van der Waals surface area contributed by atoms with E-state index in [1.807, 2.05) is 6.92 Å². The lowest BCUT2D eigenvalue weighted by molar-refractivity contribution is -0.126. The summed E-state index contributed by atoms with van der Waals surface area (Å²) >= 11 is 0. The summed E-state index contributed by atoms with van der Waals surface area (Å²) in [5, 5.41) is 3.88. The number of aryl methyl sites for hydroxylation is 1. The molecule has 0 radical (unpaired) electrons. The number of hydrogen-bond acceptors (Lipinski definition) is 3. The average Bonchev–Trinajstić information content (AvgIpc) is 3.13. The van der Waals surface area contributed by atoms with Crippen LogP contribution in [0.4, 0.5) is 4.39 Å². The van der Waals surface area contributed by atoms with Gasteiger partial charge in [-0.05, 0) is 74.2 Å². The number of aromatic nitrogens is 1. The number of H-pyrrole nitrogens is 1. The van der Waals surface area contributed by atoms with E-state index in [-0.39, 0.29) is 23.5 Å². The highest BCUT2D eigenvalue weighted by atomic mass is 19.1. The van der Waals surface area contributed by atoms with Crippen LogP contribution in [0.3, 0.4) is 0 Å². The summed E-state index contributed by atoms with van der Waals surface area (Å²) in [5.74, 6) is 0.345. The number of carbonyl (C=O) groups excluding carboxylic acids is 2. The minimum Gasteiger partial charge on any atom is -0.497 e. The molecule has 6 nitrogen and oxygen atoms in total. The molecule has 1 saturated heterocycles. The third-order valence-corrected chi connectivity index (χ3v) is 6.25. The number of carbonyl (C=O) groups is 2. The van der Waals surface area contributed by atoms with E-state index in [0.29, 0.717) is 50.2 Å². The van der Waals surface area contributed by atoms with Crippen molar-refractivity contribution >= 4 is 22.7 Å². The van der Waals surface area contributed by atoms with Crippen molar-refractivity contribution in [2.75, 3.05) is 26.7 Å². The van der Waals surface area contributed by atoms with Crippen molar-refractivity contribution < 1.29 is 18.7 Å². The molecule has 2 heterocycles. The topological polar surface area (TPSA) is 74.4 Å². The van der Waals surface area contributed by atoms with Gasteiger partial charge in [-0.25, -0.2) is 4.39 Å². The van der Waals surface area contributed by atoms with Crippen LogP contribution in [0.5, 0.6) is 5.75 Å². The fraction of sp³-hybridized carbons (Fsp3) is 0.360. The monoisotopic (exact) mass is 437 g/mol. The van der Waals surface area contributed by atoms with Gasteiger partial charge in [0.05, 0.1) is 7.11 Å². The third-order valence-electron chi connectivity index (χ3n) is 6.25. The molecule has 168 valence electrons. The van der Waals surface area contributed by atoms with Crippen molar-refractivity contribution in [1.29, 1.82) is 0 Å². The standard InChI is InChI=1S/C25H28FN3O3/c1-16-21(22-15-19(26)5-8-23(22)28-16)9-12-27-24(30)17-10-13-29(14-11-17)25(31)18-3-6-20(32-2)7-4-18/h3-8,15,17,28H,9-14H2,1-2H3,(H,27,30). The minimum absolute atomic E-state index is 0.0187. The molecule has 0 aliphatic carbocycles. The highest BCUT2D eigenvalue weighted by Gasteiger charge is 2.27. The molecule has 2 N–H and O–H groups in total. The zero-order chi connectivity index (χ0) is 22.7. The number of rotatable bonds is 6. The first-order chi connectivity index (χ1) is 15.5. The van der Waals surface area contributed by atoms with Gasteiger partial charge in [0, 0.05) is 47.7 Å². The molecule has 0 saturated carbocycles. The van der Waals surface area contributed by atoms with E-state index in [4.69, 9.17) is 4.74 Å². The number of amides is 2. The van der Waals surface area contributed by atoms with Gasteiger partial charge in [-0.15, -0.1) is 0 Å². The highest BCUT2D eigenvalue weighted by molar-refractivity contribution is 5.94. The Balaban J connectivity index is 1.27. The fourth-order valence-corrected chi connectivity index (χ4v) is 4.39. The number of piperidine rings is 1. The fourth-order valence-electron chi connectivity index (χ4n) is 4.39. The minimum atomic E-state index is -0.266. The number of likely N-dealkylation sites (tertiary alicyclic amines) is 1. The summed E-state index contributed by atoms with van der Waals surface area (Å²) in [7, 11) is 1.59. The van der Waals surface area contributed by atoms with Crippen molar-refractivity contribution in [3.63, 3.8) is 0 Å². The van der Waals surface area contributed by atoms with Crippen LogP contribution in [0.15, 0.2) is 42.5 Å². The highest BCUT2D eigenvalue weighted by Crippen LogP contribution is 2.24. The Morgan fingerprint density at radius 2 is 1.88 bits per heavy atom. The number of nitrogens with one attached hydrogen (secondary N) is 2. The summed E-state index contributed by atoms with van der Waals surface area (Å²) in [5.41, 5.74) is 3.54. The molecule has 0 spiro atoms. The molecule has 2 aromatic carbocycles. The second-order valence-corrected chi connectivity index (χ2v) is 8.25. The smallest absolute Gasteiger partial charge is 0.253 e. The van der Waals surface area contributed by atoms with Crippen molar-refractivity contribution in [2.45, 2.75) is 26.2 Å². The number of hydrogen-bond donors (Lipinski definition) is 2. The number of halogens is 1. The maximum absolute atomic E-state index is 13.6. The first-order valence-corrected chi connectivity index (χ1v) is 10.9. The SMILES string of the molecule is COc1ccc(C(=O)N2CCC(C(=O)NCCc3c(C)[nH]c4ccc(F)cc34)CC2)cc1. The zero-order valence-corrected chi connectivity index (χ0v) is 18.4. The molecule has 3 aromatic rings. The van der Waals surface area contributed by atoms with E-state index >= 15 is 0 Å². The molecule has 1 aliphatic rings. The Hall–Kier alpha value is -3.35. The van der Waals surface area contributed by atoms with Crippen LogP contribution < -0.4 is 10.1 Å². The Bertz CT molecular complexity index is 1120. The van der Waals surface area contributed by atoms with Crippen molar-refractivity contribution in [2.24, 2.45) is 5.92 Å². The van der Waals surface area contributed by atoms with Gasteiger partial charge >= 0.3 is 0 Å². The summed E-state index contributed by atoms with van der Waals surface area (Å²) in [6.45, 7) is 3.58. The molecular formula is C25H28FN3O3. The van der Waals surface area contributed by atoms with Crippen LogP contribution in [-0.2, 0) is 11.2 Å². The normalized spacial score (nSPS) is 14.5. The lowest BCUT2D eigenvalue weighted by Crippen LogP contribution is -2.43. The molecule has 0 unspecified atom stereocenters. The van der Waals surface area contributed by atoms with Gasteiger partial charge in [-0.1, -0.05) is 0 Å². The Kier molecular flexibility index (Phi) is 6.44. The van der Waals surface area contributed by atoms with Crippen LogP contribution in [0, 0.1) is 18.7 Å². The third kappa shape index (κ3) is 4.61. The van der Waals surface area contributed by atoms with E-state index in [9.17, 15) is 14.0 Å². The first-order valence-electron chi connectivity index (χ1n) is 10.9. The Morgan fingerprint density at radius 3 is 2.56 bits per heavy atom. The number of fused-ring (bicyclic) bond motifs is 1. The zero-order valence-electron chi connectivity index (χ0n) is 18.4. The second kappa shape index (κ2) is 9.42.